The Kier molecular flexibility index (Phi) is 8.30. The molecule has 0 saturated heterocycles. The lowest BCUT2D eigenvalue weighted by Gasteiger charge is -2.35. The van der Waals surface area contributed by atoms with Gasteiger partial charge in [0.15, 0.2) is 6.61 Å². The molecule has 1 aliphatic heterocycles. The van der Waals surface area contributed by atoms with Crippen LogP contribution in [0.25, 0.3) is 0 Å². The number of amides is 1. The molecule has 0 spiro atoms. The quantitative estimate of drug-likeness (QED) is 0.571. The lowest BCUT2D eigenvalue weighted by molar-refractivity contribution is -0.122. The Morgan fingerprint density at radius 1 is 1.29 bits per heavy atom. The molecule has 10 heteroatoms. The van der Waals surface area contributed by atoms with Crippen LogP contribution in [0.3, 0.4) is 0 Å². The number of fused-ring (bicyclic) bond motifs is 1. The number of pyridine rings is 1. The maximum absolute atomic E-state index is 15.5. The molecule has 0 radical (unpaired) electrons. The van der Waals surface area contributed by atoms with Crippen molar-refractivity contribution in [3.8, 4) is 5.88 Å². The normalized spacial score (nSPS) is 23.1. The first kappa shape index (κ1) is 25.5. The molecule has 0 atom stereocenters. The zero-order chi connectivity index (χ0) is 24.8. The fourth-order valence-corrected chi connectivity index (χ4v) is 4.85. The highest BCUT2D eigenvalue weighted by atomic mass is 19.3. The second-order valence-electron chi connectivity index (χ2n) is 9.58. The predicted octanol–water partition coefficient (Wildman–Crippen LogP) is 3.82. The molecule has 0 unspecified atom stereocenters. The summed E-state index contributed by atoms with van der Waals surface area (Å²) in [4.78, 5) is 22.9. The fourth-order valence-electron chi connectivity index (χ4n) is 4.85. The van der Waals surface area contributed by atoms with Crippen LogP contribution in [0.15, 0.2) is 22.7 Å². The van der Waals surface area contributed by atoms with Crippen LogP contribution in [-0.4, -0.2) is 65.2 Å². The van der Waals surface area contributed by atoms with Gasteiger partial charge in [-0.25, -0.2) is 23.1 Å². The van der Waals surface area contributed by atoms with Crippen molar-refractivity contribution in [3.05, 3.63) is 41.2 Å². The van der Waals surface area contributed by atoms with Crippen LogP contribution >= 0.6 is 0 Å². The van der Waals surface area contributed by atoms with Crippen molar-refractivity contribution in [2.24, 2.45) is 0 Å². The molecule has 2 aliphatic rings. The average Bonchev–Trinajstić information content (AvgIpc) is 3.12. The molecule has 35 heavy (non-hydrogen) atoms. The van der Waals surface area contributed by atoms with Crippen molar-refractivity contribution in [2.45, 2.75) is 76.4 Å². The molecule has 7 nitrogen and oxygen atoms in total. The first-order chi connectivity index (χ1) is 16.8. The third-order valence-electron chi connectivity index (χ3n) is 6.87. The van der Waals surface area contributed by atoms with Crippen LogP contribution in [0.4, 0.5) is 13.2 Å². The van der Waals surface area contributed by atoms with E-state index >= 15 is 4.39 Å². The number of alkyl halides is 3. The fraction of sp³-hybridized carbons (Fsp3) is 0.640. The predicted molar refractivity (Wildman–Crippen MR) is 123 cm³/mol. The van der Waals surface area contributed by atoms with Gasteiger partial charge in [0.25, 0.3) is 6.43 Å². The van der Waals surface area contributed by atoms with E-state index in [1.54, 1.807) is 19.2 Å². The summed E-state index contributed by atoms with van der Waals surface area (Å²) in [5, 5.41) is 2.98. The lowest BCUT2D eigenvalue weighted by Crippen LogP contribution is -2.43. The van der Waals surface area contributed by atoms with Crippen LogP contribution in [-0.2, 0) is 24.1 Å². The summed E-state index contributed by atoms with van der Waals surface area (Å²) in [5.74, 6) is 1.13. The van der Waals surface area contributed by atoms with E-state index in [0.717, 1.165) is 30.8 Å². The second-order valence-corrected chi connectivity index (χ2v) is 9.58. The van der Waals surface area contributed by atoms with Gasteiger partial charge in [0.1, 0.15) is 17.8 Å². The van der Waals surface area contributed by atoms with Gasteiger partial charge in [0.05, 0.1) is 6.20 Å². The Morgan fingerprint density at radius 2 is 2.06 bits per heavy atom. The zero-order valence-electron chi connectivity index (χ0n) is 20.1. The molecule has 2 aromatic rings. The highest BCUT2D eigenvalue weighted by Gasteiger charge is 2.36. The highest BCUT2D eigenvalue weighted by Crippen LogP contribution is 2.35. The Bertz CT molecular complexity index is 992. The van der Waals surface area contributed by atoms with Gasteiger partial charge in [-0.3, -0.25) is 4.79 Å². The van der Waals surface area contributed by atoms with Crippen LogP contribution in [0.1, 0.15) is 55.0 Å². The van der Waals surface area contributed by atoms with Gasteiger partial charge >= 0.3 is 0 Å². The van der Waals surface area contributed by atoms with Gasteiger partial charge in [-0.05, 0) is 51.0 Å². The molecule has 1 N–H and O–H groups in total. The van der Waals surface area contributed by atoms with Gasteiger partial charge in [-0.2, -0.15) is 0 Å². The lowest BCUT2D eigenvalue weighted by atomic mass is 9.81. The molecule has 1 fully saturated rings. The average molecular weight is 495 g/mol. The SMILES string of the molecule is Cc1cnc(CC(=O)N[C@H]2CC[C@](F)(CCN3CCc4ccc(OCC(F)F)nc4CC3)CC2)o1. The monoisotopic (exact) mass is 494 g/mol. The van der Waals surface area contributed by atoms with E-state index in [2.05, 4.69) is 20.2 Å². The topological polar surface area (TPSA) is 80.5 Å². The number of oxazole rings is 1. The van der Waals surface area contributed by atoms with Crippen molar-refractivity contribution in [1.82, 2.24) is 20.2 Å². The number of aromatic nitrogens is 2. The molecule has 4 rings (SSSR count). The third-order valence-corrected chi connectivity index (χ3v) is 6.87. The number of carbonyl (C=O) groups excluding carboxylic acids is 1. The highest BCUT2D eigenvalue weighted by molar-refractivity contribution is 5.77. The van der Waals surface area contributed by atoms with Crippen LogP contribution in [0.2, 0.25) is 0 Å². The molecule has 2 aromatic heterocycles. The van der Waals surface area contributed by atoms with E-state index in [1.165, 1.54) is 0 Å². The summed E-state index contributed by atoms with van der Waals surface area (Å²) in [6.45, 7) is 3.32. The van der Waals surface area contributed by atoms with Gasteiger partial charge in [-0.15, -0.1) is 0 Å². The van der Waals surface area contributed by atoms with E-state index in [0.29, 0.717) is 56.7 Å². The standard InChI is InChI=1S/C25H33F3N4O3/c1-17-15-29-24(35-17)14-22(33)30-19-4-8-25(28,9-5-19)10-13-32-11-6-18-2-3-23(34-16-21(26)27)31-20(18)7-12-32/h2-3,15,19,21H,4-14,16H2,1H3,(H,30,33)/t19-,25+. The number of rotatable bonds is 9. The summed E-state index contributed by atoms with van der Waals surface area (Å²) in [6.07, 6.45) is 3.15. The number of hydrogen-bond acceptors (Lipinski definition) is 6. The smallest absolute Gasteiger partial charge is 0.272 e. The number of hydrogen-bond donors (Lipinski definition) is 1. The summed E-state index contributed by atoms with van der Waals surface area (Å²) < 4.78 is 50.7. The second kappa shape index (κ2) is 11.4. The first-order valence-corrected chi connectivity index (χ1v) is 12.3. The molecule has 1 aliphatic carbocycles. The van der Waals surface area contributed by atoms with E-state index in [4.69, 9.17) is 9.15 Å². The van der Waals surface area contributed by atoms with Crippen LogP contribution in [0.5, 0.6) is 5.88 Å². The van der Waals surface area contributed by atoms with E-state index in [-0.39, 0.29) is 24.2 Å². The third kappa shape index (κ3) is 7.43. The maximum atomic E-state index is 15.5. The summed E-state index contributed by atoms with van der Waals surface area (Å²) in [7, 11) is 0. The molecular weight excluding hydrogens is 461 g/mol. The Balaban J connectivity index is 1.19. The first-order valence-electron chi connectivity index (χ1n) is 12.3. The van der Waals surface area contributed by atoms with Gasteiger partial charge in [0, 0.05) is 43.9 Å². The van der Waals surface area contributed by atoms with Gasteiger partial charge in [-0.1, -0.05) is 6.07 Å². The van der Waals surface area contributed by atoms with Crippen molar-refractivity contribution in [3.63, 3.8) is 0 Å². The Labute approximate surface area is 203 Å². The van der Waals surface area contributed by atoms with Crippen molar-refractivity contribution in [2.75, 3.05) is 26.2 Å². The molecule has 3 heterocycles. The maximum Gasteiger partial charge on any atom is 0.272 e. The van der Waals surface area contributed by atoms with Crippen LogP contribution in [0, 0.1) is 6.92 Å². The number of halogens is 3. The number of carbonyl (C=O) groups is 1. The summed E-state index contributed by atoms with van der Waals surface area (Å²) in [6, 6.07) is 3.50. The summed E-state index contributed by atoms with van der Waals surface area (Å²) in [5.41, 5.74) is 0.725. The number of nitrogens with zero attached hydrogens (tertiary/aromatic N) is 3. The van der Waals surface area contributed by atoms with E-state index in [9.17, 15) is 13.6 Å². The zero-order valence-corrected chi connectivity index (χ0v) is 20.1. The molecular formula is C25H33F3N4O3. The van der Waals surface area contributed by atoms with Crippen molar-refractivity contribution >= 4 is 5.91 Å². The van der Waals surface area contributed by atoms with E-state index < -0.39 is 18.7 Å². The van der Waals surface area contributed by atoms with E-state index in [1.807, 2.05) is 6.07 Å². The van der Waals surface area contributed by atoms with Crippen molar-refractivity contribution in [1.29, 1.82) is 0 Å². The molecule has 0 aromatic carbocycles. The minimum Gasteiger partial charge on any atom is -0.472 e. The number of ether oxygens (including phenoxy) is 1. The molecule has 1 amide bonds. The largest absolute Gasteiger partial charge is 0.472 e. The molecule has 0 bridgehead atoms. The molecule has 192 valence electrons. The van der Waals surface area contributed by atoms with Gasteiger partial charge < -0.3 is 19.4 Å². The number of aryl methyl sites for hydroxylation is 1. The Morgan fingerprint density at radius 3 is 2.77 bits per heavy atom. The Hall–Kier alpha value is -2.62. The number of nitrogens with one attached hydrogen (secondary N) is 1. The minimum atomic E-state index is -2.53. The van der Waals surface area contributed by atoms with Crippen molar-refractivity contribution < 1.29 is 27.1 Å². The summed E-state index contributed by atoms with van der Waals surface area (Å²) >= 11 is 0. The molecule has 1 saturated carbocycles. The minimum absolute atomic E-state index is 0.0253. The van der Waals surface area contributed by atoms with Gasteiger partial charge in [0.2, 0.25) is 17.7 Å². The van der Waals surface area contributed by atoms with Crippen LogP contribution < -0.4 is 10.1 Å².